The molecule has 21 heavy (non-hydrogen) atoms. The Morgan fingerprint density at radius 3 is 2.38 bits per heavy atom. The molecule has 2 rings (SSSR count). The van der Waals surface area contributed by atoms with Crippen LogP contribution in [-0.2, 0) is 14.6 Å². The molecule has 0 aromatic heterocycles. The lowest BCUT2D eigenvalue weighted by molar-refractivity contribution is -0.119. The molecule has 1 aromatic carbocycles. The van der Waals surface area contributed by atoms with Crippen LogP contribution in [0.3, 0.4) is 0 Å². The fraction of sp³-hybridized carbons (Fsp3) is 0.562. The molecule has 0 aliphatic heterocycles. The predicted molar refractivity (Wildman–Crippen MR) is 80.7 cm³/mol. The number of Topliss-reactive ketones (excluding diaryl/α,β-unsaturated/α-hetero) is 1. The van der Waals surface area contributed by atoms with E-state index in [9.17, 15) is 18.3 Å². The SMILES string of the molecule is O=C(CC(O)C1CCCCC1)CS(=O)(=O)c1ccccc1. The molecule has 1 saturated carbocycles. The van der Waals surface area contributed by atoms with Crippen molar-refractivity contribution in [2.24, 2.45) is 5.92 Å². The van der Waals surface area contributed by atoms with Gasteiger partial charge in [0.05, 0.1) is 11.0 Å². The van der Waals surface area contributed by atoms with Crippen molar-refractivity contribution in [3.05, 3.63) is 30.3 Å². The van der Waals surface area contributed by atoms with Gasteiger partial charge in [0.1, 0.15) is 5.75 Å². The van der Waals surface area contributed by atoms with Gasteiger partial charge in [0, 0.05) is 6.42 Å². The largest absolute Gasteiger partial charge is 0.392 e. The van der Waals surface area contributed by atoms with Crippen LogP contribution >= 0.6 is 0 Å². The van der Waals surface area contributed by atoms with E-state index in [0.717, 1.165) is 25.7 Å². The molecule has 116 valence electrons. The molecule has 1 fully saturated rings. The smallest absolute Gasteiger partial charge is 0.185 e. The first-order valence-corrected chi connectivity index (χ1v) is 9.12. The van der Waals surface area contributed by atoms with Crippen molar-refractivity contribution in [2.45, 2.75) is 49.5 Å². The molecule has 1 N–H and O–H groups in total. The minimum Gasteiger partial charge on any atom is -0.392 e. The first-order valence-electron chi connectivity index (χ1n) is 7.46. The Hall–Kier alpha value is -1.20. The third-order valence-corrected chi connectivity index (χ3v) is 5.78. The average molecular weight is 310 g/mol. The average Bonchev–Trinajstić information content (AvgIpc) is 2.48. The Balaban J connectivity index is 1.92. The highest BCUT2D eigenvalue weighted by atomic mass is 32.2. The zero-order valence-electron chi connectivity index (χ0n) is 12.1. The molecular formula is C16H22O4S. The molecular weight excluding hydrogens is 288 g/mol. The number of carbonyl (C=O) groups is 1. The van der Waals surface area contributed by atoms with Crippen molar-refractivity contribution < 1.29 is 18.3 Å². The monoisotopic (exact) mass is 310 g/mol. The Labute approximate surface area is 126 Å². The number of ketones is 1. The summed E-state index contributed by atoms with van der Waals surface area (Å²) in [4.78, 5) is 12.1. The molecule has 0 spiro atoms. The Kier molecular flexibility index (Phi) is 5.53. The normalized spacial score (nSPS) is 18.3. The number of aliphatic hydroxyl groups excluding tert-OH is 1. The second-order valence-electron chi connectivity index (χ2n) is 5.78. The summed E-state index contributed by atoms with van der Waals surface area (Å²) < 4.78 is 24.2. The van der Waals surface area contributed by atoms with Crippen LogP contribution in [0, 0.1) is 5.92 Å². The summed E-state index contributed by atoms with van der Waals surface area (Å²) in [5.74, 6) is -0.792. The van der Waals surface area contributed by atoms with E-state index in [-0.39, 0.29) is 17.2 Å². The lowest BCUT2D eigenvalue weighted by Gasteiger charge is -2.26. The van der Waals surface area contributed by atoms with Crippen LogP contribution in [0.15, 0.2) is 35.2 Å². The van der Waals surface area contributed by atoms with Gasteiger partial charge in [-0.05, 0) is 30.9 Å². The molecule has 0 saturated heterocycles. The highest BCUT2D eigenvalue weighted by Crippen LogP contribution is 2.28. The maximum absolute atomic E-state index is 12.1. The lowest BCUT2D eigenvalue weighted by atomic mass is 9.84. The standard InChI is InChI=1S/C16H22O4S/c17-14(11-16(18)13-7-3-1-4-8-13)12-21(19,20)15-9-5-2-6-10-15/h2,5-6,9-10,13,16,18H,1,3-4,7-8,11-12H2. The van der Waals surface area contributed by atoms with E-state index in [1.807, 2.05) is 0 Å². The molecule has 1 aromatic rings. The first kappa shape index (κ1) is 16.2. The Morgan fingerprint density at radius 2 is 1.76 bits per heavy atom. The van der Waals surface area contributed by atoms with Gasteiger partial charge < -0.3 is 5.11 Å². The number of sulfone groups is 1. The number of benzene rings is 1. The van der Waals surface area contributed by atoms with Crippen molar-refractivity contribution in [3.8, 4) is 0 Å². The van der Waals surface area contributed by atoms with Gasteiger partial charge in [-0.3, -0.25) is 4.79 Å². The zero-order chi connectivity index (χ0) is 15.3. The summed E-state index contributed by atoms with van der Waals surface area (Å²) in [7, 11) is -3.60. The van der Waals surface area contributed by atoms with Crippen molar-refractivity contribution in [2.75, 3.05) is 5.75 Å². The van der Waals surface area contributed by atoms with Crippen LogP contribution in [0.1, 0.15) is 38.5 Å². The second kappa shape index (κ2) is 7.18. The molecule has 1 aliphatic rings. The fourth-order valence-electron chi connectivity index (χ4n) is 2.90. The third kappa shape index (κ3) is 4.64. The summed E-state index contributed by atoms with van der Waals surface area (Å²) in [5.41, 5.74) is 0. The molecule has 1 atom stereocenters. The van der Waals surface area contributed by atoms with Crippen LogP contribution in [0.25, 0.3) is 0 Å². The van der Waals surface area contributed by atoms with E-state index < -0.39 is 27.5 Å². The van der Waals surface area contributed by atoms with Gasteiger partial charge in [-0.25, -0.2) is 8.42 Å². The summed E-state index contributed by atoms with van der Waals surface area (Å²) in [5, 5.41) is 10.1. The number of carbonyl (C=O) groups excluding carboxylic acids is 1. The van der Waals surface area contributed by atoms with Gasteiger partial charge in [-0.15, -0.1) is 0 Å². The maximum Gasteiger partial charge on any atom is 0.185 e. The zero-order valence-corrected chi connectivity index (χ0v) is 12.9. The summed E-state index contributed by atoms with van der Waals surface area (Å²) in [6.45, 7) is 0. The molecule has 1 aliphatic carbocycles. The number of hydrogen-bond acceptors (Lipinski definition) is 4. The van der Waals surface area contributed by atoms with Crippen LogP contribution < -0.4 is 0 Å². The van der Waals surface area contributed by atoms with E-state index in [1.165, 1.54) is 18.6 Å². The van der Waals surface area contributed by atoms with Gasteiger partial charge in [0.25, 0.3) is 0 Å². The molecule has 0 radical (unpaired) electrons. The highest BCUT2D eigenvalue weighted by Gasteiger charge is 2.26. The minimum atomic E-state index is -3.60. The van der Waals surface area contributed by atoms with Crippen LogP contribution in [0.4, 0.5) is 0 Å². The number of aliphatic hydroxyl groups is 1. The summed E-state index contributed by atoms with van der Waals surface area (Å²) in [6, 6.07) is 7.97. The quantitative estimate of drug-likeness (QED) is 0.875. The third-order valence-electron chi connectivity index (χ3n) is 4.08. The molecule has 1 unspecified atom stereocenters. The maximum atomic E-state index is 12.1. The minimum absolute atomic E-state index is 0.0588. The van der Waals surface area contributed by atoms with Gasteiger partial charge in [0.2, 0.25) is 0 Å². The van der Waals surface area contributed by atoms with E-state index >= 15 is 0 Å². The van der Waals surface area contributed by atoms with Crippen molar-refractivity contribution >= 4 is 15.6 Å². The van der Waals surface area contributed by atoms with Gasteiger partial charge in [-0.2, -0.15) is 0 Å². The van der Waals surface area contributed by atoms with Gasteiger partial charge in [0.15, 0.2) is 15.6 Å². The molecule has 0 heterocycles. The first-order chi connectivity index (χ1) is 9.99. The Bertz CT molecular complexity index is 559. The van der Waals surface area contributed by atoms with Crippen LogP contribution in [0.2, 0.25) is 0 Å². The fourth-order valence-corrected chi connectivity index (χ4v) is 4.18. The van der Waals surface area contributed by atoms with E-state index in [4.69, 9.17) is 0 Å². The topological polar surface area (TPSA) is 71.4 Å². The van der Waals surface area contributed by atoms with Crippen molar-refractivity contribution in [3.63, 3.8) is 0 Å². The number of rotatable bonds is 6. The van der Waals surface area contributed by atoms with Gasteiger partial charge in [-0.1, -0.05) is 37.5 Å². The van der Waals surface area contributed by atoms with Crippen molar-refractivity contribution in [1.82, 2.24) is 0 Å². The van der Waals surface area contributed by atoms with Crippen LogP contribution in [0.5, 0.6) is 0 Å². The molecule has 5 heteroatoms. The lowest BCUT2D eigenvalue weighted by Crippen LogP contribution is -2.28. The van der Waals surface area contributed by atoms with Crippen molar-refractivity contribution in [1.29, 1.82) is 0 Å². The summed E-state index contributed by atoms with van der Waals surface area (Å²) >= 11 is 0. The van der Waals surface area contributed by atoms with E-state index in [1.54, 1.807) is 18.2 Å². The number of hydrogen-bond donors (Lipinski definition) is 1. The second-order valence-corrected chi connectivity index (χ2v) is 7.77. The van der Waals surface area contributed by atoms with E-state index in [0.29, 0.717) is 0 Å². The molecule has 4 nitrogen and oxygen atoms in total. The van der Waals surface area contributed by atoms with E-state index in [2.05, 4.69) is 0 Å². The van der Waals surface area contributed by atoms with Crippen LogP contribution in [-0.4, -0.2) is 31.2 Å². The Morgan fingerprint density at radius 1 is 1.14 bits per heavy atom. The summed E-state index contributed by atoms with van der Waals surface area (Å²) in [6.07, 6.45) is 4.44. The molecule has 0 bridgehead atoms. The molecule has 0 amide bonds. The van der Waals surface area contributed by atoms with Gasteiger partial charge >= 0.3 is 0 Å². The predicted octanol–water partition coefficient (Wildman–Crippen LogP) is 2.36. The highest BCUT2D eigenvalue weighted by molar-refractivity contribution is 7.92.